The number of nitrogens with one attached hydrogen (secondary N) is 1. The molecule has 1 rings (SSSR count). The van der Waals surface area contributed by atoms with Gasteiger partial charge in [-0.1, -0.05) is 10.3 Å². The second-order valence-electron chi connectivity index (χ2n) is 4.11. The van der Waals surface area contributed by atoms with E-state index in [0.29, 0.717) is 12.3 Å². The lowest BCUT2D eigenvalue weighted by Crippen LogP contribution is -2.36. The quantitative estimate of drug-likeness (QED) is 0.332. The van der Waals surface area contributed by atoms with Crippen molar-refractivity contribution in [2.45, 2.75) is 25.9 Å². The van der Waals surface area contributed by atoms with Crippen LogP contribution in [0.1, 0.15) is 20.3 Å². The summed E-state index contributed by atoms with van der Waals surface area (Å²) in [4.78, 5) is 21.3. The van der Waals surface area contributed by atoms with Gasteiger partial charge in [0, 0.05) is 7.11 Å². The van der Waals surface area contributed by atoms with Crippen LogP contribution in [-0.2, 0) is 19.2 Å². The number of rotatable bonds is 4. The number of hydrogen-bond donors (Lipinski definition) is 1. The number of oxime groups is 2. The largest absolute Gasteiger partial charge is 0.388 e. The normalized spacial score (nSPS) is 17.4. The number of carbonyl (C=O) groups is 1. The number of amidine groups is 1. The molecule has 1 N–H and O–H groups in total. The molecule has 0 saturated heterocycles. The van der Waals surface area contributed by atoms with E-state index in [2.05, 4.69) is 25.2 Å². The highest BCUT2D eigenvalue weighted by molar-refractivity contribution is 6.47. The molecule has 8 nitrogen and oxygen atoms in total. The average molecular weight is 254 g/mol. The summed E-state index contributed by atoms with van der Waals surface area (Å²) in [6, 6.07) is 1.62. The highest BCUT2D eigenvalue weighted by atomic mass is 16.7. The Labute approximate surface area is 104 Å². The number of carbonyl (C=O) groups excluding carboxylic acids is 1. The molecule has 18 heavy (non-hydrogen) atoms. The monoisotopic (exact) mass is 254 g/mol. The van der Waals surface area contributed by atoms with E-state index >= 15 is 0 Å². The Morgan fingerprint density at radius 2 is 2.44 bits per heavy atom. The number of amides is 1. The second kappa shape index (κ2) is 5.97. The third-order valence-electron chi connectivity index (χ3n) is 1.90. The molecule has 0 bridgehead atoms. The Morgan fingerprint density at radius 1 is 1.72 bits per heavy atom. The van der Waals surface area contributed by atoms with Gasteiger partial charge in [-0.2, -0.15) is 5.26 Å². The predicted molar refractivity (Wildman–Crippen MR) is 61.4 cm³/mol. The SMILES string of the molecule is COCO/N=C(\C#N)C(=O)NC1=NOC(C)(C)C1. The van der Waals surface area contributed by atoms with Crippen molar-refractivity contribution in [2.24, 2.45) is 10.3 Å². The van der Waals surface area contributed by atoms with Gasteiger partial charge in [-0.3, -0.25) is 4.79 Å². The van der Waals surface area contributed by atoms with Crippen molar-refractivity contribution in [3.63, 3.8) is 0 Å². The van der Waals surface area contributed by atoms with Gasteiger partial charge in [0.1, 0.15) is 11.7 Å². The van der Waals surface area contributed by atoms with Crippen LogP contribution in [0.15, 0.2) is 10.3 Å². The number of ether oxygens (including phenoxy) is 1. The van der Waals surface area contributed by atoms with Crippen LogP contribution in [0.2, 0.25) is 0 Å². The first kappa shape index (κ1) is 13.9. The summed E-state index contributed by atoms with van der Waals surface area (Å²) in [7, 11) is 1.40. The third kappa shape index (κ3) is 4.03. The first-order chi connectivity index (χ1) is 8.48. The molecular formula is C10H14N4O4. The number of nitriles is 1. The van der Waals surface area contributed by atoms with Gasteiger partial charge in [0.15, 0.2) is 5.84 Å². The summed E-state index contributed by atoms with van der Waals surface area (Å²) in [5.74, 6) is -0.353. The van der Waals surface area contributed by atoms with Crippen molar-refractivity contribution >= 4 is 17.5 Å². The number of hydrogen-bond acceptors (Lipinski definition) is 7. The summed E-state index contributed by atoms with van der Waals surface area (Å²) in [6.45, 7) is 3.52. The molecular weight excluding hydrogens is 240 g/mol. The molecule has 0 radical (unpaired) electrons. The predicted octanol–water partition coefficient (Wildman–Crippen LogP) is 0.115. The Balaban J connectivity index is 2.54. The fourth-order valence-electron chi connectivity index (χ4n) is 1.16. The maximum absolute atomic E-state index is 11.6. The first-order valence-corrected chi connectivity index (χ1v) is 5.14. The van der Waals surface area contributed by atoms with Crippen molar-refractivity contribution in [3.8, 4) is 6.07 Å². The van der Waals surface area contributed by atoms with Crippen molar-refractivity contribution in [1.29, 1.82) is 5.26 Å². The maximum Gasteiger partial charge on any atom is 0.289 e. The van der Waals surface area contributed by atoms with Crippen molar-refractivity contribution < 1.29 is 19.2 Å². The molecule has 0 fully saturated rings. The molecule has 0 aliphatic carbocycles. The van der Waals surface area contributed by atoms with E-state index in [4.69, 9.17) is 10.1 Å². The second-order valence-corrected chi connectivity index (χ2v) is 4.11. The van der Waals surface area contributed by atoms with Crippen molar-refractivity contribution in [2.75, 3.05) is 13.9 Å². The van der Waals surface area contributed by atoms with E-state index in [-0.39, 0.29) is 6.79 Å². The van der Waals surface area contributed by atoms with Crippen LogP contribution in [0.4, 0.5) is 0 Å². The molecule has 0 aromatic rings. The summed E-state index contributed by atoms with van der Waals surface area (Å²) >= 11 is 0. The minimum atomic E-state index is -0.700. The van der Waals surface area contributed by atoms with Crippen LogP contribution in [0.25, 0.3) is 0 Å². The Hall–Kier alpha value is -2.14. The van der Waals surface area contributed by atoms with E-state index in [9.17, 15) is 4.79 Å². The summed E-state index contributed by atoms with van der Waals surface area (Å²) in [5.41, 5.74) is -0.876. The van der Waals surface area contributed by atoms with Crippen molar-refractivity contribution in [3.05, 3.63) is 0 Å². The van der Waals surface area contributed by atoms with E-state index < -0.39 is 17.2 Å². The minimum absolute atomic E-state index is 0.143. The van der Waals surface area contributed by atoms with Crippen LogP contribution in [-0.4, -0.2) is 37.0 Å². The standard InChI is InChI=1S/C10H14N4O4/c1-10(2)4-8(14-18-10)12-9(15)7(5-11)13-17-6-16-3/h4,6H2,1-3H3,(H,12,14,15)/b13-7+. The van der Waals surface area contributed by atoms with E-state index in [1.807, 2.05) is 13.8 Å². The summed E-state index contributed by atoms with van der Waals surface area (Å²) < 4.78 is 4.56. The Morgan fingerprint density at radius 3 is 2.94 bits per heavy atom. The lowest BCUT2D eigenvalue weighted by atomic mass is 10.1. The van der Waals surface area contributed by atoms with Gasteiger partial charge in [-0.05, 0) is 13.8 Å². The molecule has 0 unspecified atom stereocenters. The molecule has 1 aliphatic rings. The molecule has 1 aliphatic heterocycles. The maximum atomic E-state index is 11.6. The molecule has 8 heteroatoms. The third-order valence-corrected chi connectivity index (χ3v) is 1.90. The average Bonchev–Trinajstić information content (AvgIpc) is 2.64. The summed E-state index contributed by atoms with van der Waals surface area (Å²) in [6.07, 6.45) is 0.441. The highest BCUT2D eigenvalue weighted by Crippen LogP contribution is 2.20. The van der Waals surface area contributed by atoms with Gasteiger partial charge < -0.3 is 19.7 Å². The van der Waals surface area contributed by atoms with Gasteiger partial charge in [0.2, 0.25) is 12.5 Å². The molecule has 98 valence electrons. The van der Waals surface area contributed by atoms with Crippen molar-refractivity contribution in [1.82, 2.24) is 5.32 Å². The molecule has 0 aromatic carbocycles. The summed E-state index contributed by atoms with van der Waals surface area (Å²) in [5, 5.41) is 18.2. The molecule has 0 aromatic heterocycles. The van der Waals surface area contributed by atoms with Gasteiger partial charge in [0.05, 0.1) is 6.42 Å². The zero-order chi connectivity index (χ0) is 13.6. The van der Waals surface area contributed by atoms with Crippen LogP contribution in [0, 0.1) is 11.3 Å². The Kier molecular flexibility index (Phi) is 4.62. The van der Waals surface area contributed by atoms with Crippen LogP contribution >= 0.6 is 0 Å². The molecule has 0 saturated carbocycles. The first-order valence-electron chi connectivity index (χ1n) is 5.14. The zero-order valence-electron chi connectivity index (χ0n) is 10.4. The number of methoxy groups -OCH3 is 1. The van der Waals surface area contributed by atoms with Gasteiger partial charge in [-0.25, -0.2) is 0 Å². The molecule has 1 heterocycles. The number of nitrogens with zero attached hydrogens (tertiary/aromatic N) is 3. The molecule has 0 spiro atoms. The topological polar surface area (TPSA) is 105 Å². The molecule has 1 amide bonds. The van der Waals surface area contributed by atoms with Gasteiger partial charge in [-0.15, -0.1) is 0 Å². The van der Waals surface area contributed by atoms with E-state index in [1.165, 1.54) is 7.11 Å². The lowest BCUT2D eigenvalue weighted by Gasteiger charge is -2.12. The smallest absolute Gasteiger partial charge is 0.289 e. The molecule has 0 atom stereocenters. The zero-order valence-corrected chi connectivity index (χ0v) is 10.4. The highest BCUT2D eigenvalue weighted by Gasteiger charge is 2.30. The van der Waals surface area contributed by atoms with Gasteiger partial charge >= 0.3 is 0 Å². The Bertz CT molecular complexity index is 422. The van der Waals surface area contributed by atoms with E-state index in [0.717, 1.165) is 0 Å². The van der Waals surface area contributed by atoms with Crippen LogP contribution in [0.5, 0.6) is 0 Å². The fraction of sp³-hybridized carbons (Fsp3) is 0.600. The van der Waals surface area contributed by atoms with Gasteiger partial charge in [0.25, 0.3) is 5.91 Å². The van der Waals surface area contributed by atoms with Crippen LogP contribution < -0.4 is 5.32 Å². The minimum Gasteiger partial charge on any atom is -0.388 e. The lowest BCUT2D eigenvalue weighted by molar-refractivity contribution is -0.113. The fourth-order valence-corrected chi connectivity index (χ4v) is 1.16. The van der Waals surface area contributed by atoms with Crippen LogP contribution in [0.3, 0.4) is 0 Å². The van der Waals surface area contributed by atoms with E-state index in [1.54, 1.807) is 6.07 Å².